The van der Waals surface area contributed by atoms with Crippen LogP contribution in [0.5, 0.6) is 11.5 Å². The Morgan fingerprint density at radius 1 is 1.23 bits per heavy atom. The molecule has 2 heterocycles. The molecule has 1 aromatic carbocycles. The van der Waals surface area contributed by atoms with Gasteiger partial charge in [0.25, 0.3) is 5.91 Å². The molecule has 140 valence electrons. The second-order valence-electron chi connectivity index (χ2n) is 6.23. The summed E-state index contributed by atoms with van der Waals surface area (Å²) in [7, 11) is 1.61. The van der Waals surface area contributed by atoms with Gasteiger partial charge in [0, 0.05) is 36.7 Å². The molecule has 26 heavy (non-hydrogen) atoms. The van der Waals surface area contributed by atoms with Crippen molar-refractivity contribution in [3.63, 3.8) is 0 Å². The monoisotopic (exact) mass is 375 g/mol. The van der Waals surface area contributed by atoms with Gasteiger partial charge in [-0.2, -0.15) is 0 Å². The molecule has 0 aliphatic carbocycles. The van der Waals surface area contributed by atoms with E-state index in [0.29, 0.717) is 31.3 Å². The van der Waals surface area contributed by atoms with Gasteiger partial charge in [0.1, 0.15) is 11.5 Å². The molecule has 6 heteroatoms. The maximum Gasteiger partial charge on any atom is 0.260 e. The van der Waals surface area contributed by atoms with Gasteiger partial charge < -0.3 is 19.1 Å². The second kappa shape index (κ2) is 9.59. The Morgan fingerprint density at radius 2 is 2.04 bits per heavy atom. The first-order chi connectivity index (χ1) is 12.8. The van der Waals surface area contributed by atoms with Gasteiger partial charge in [0.05, 0.1) is 7.11 Å². The first kappa shape index (κ1) is 18.7. The number of ether oxygens (including phenoxy) is 3. The molecule has 0 unspecified atom stereocenters. The largest absolute Gasteiger partial charge is 0.497 e. The van der Waals surface area contributed by atoms with Crippen LogP contribution in [0.15, 0.2) is 41.8 Å². The van der Waals surface area contributed by atoms with Crippen LogP contribution >= 0.6 is 11.3 Å². The van der Waals surface area contributed by atoms with E-state index in [1.807, 2.05) is 29.2 Å². The fourth-order valence-corrected chi connectivity index (χ4v) is 3.81. The minimum absolute atomic E-state index is 0.0243. The third-order valence-corrected chi connectivity index (χ3v) is 5.47. The summed E-state index contributed by atoms with van der Waals surface area (Å²) in [5, 5.41) is 2.07. The number of carbonyl (C=O) groups excluding carboxylic acids is 1. The van der Waals surface area contributed by atoms with Crippen LogP contribution in [0.3, 0.4) is 0 Å². The van der Waals surface area contributed by atoms with E-state index in [2.05, 4.69) is 11.4 Å². The summed E-state index contributed by atoms with van der Waals surface area (Å²) in [5.41, 5.74) is 0. The van der Waals surface area contributed by atoms with Crippen LogP contribution in [0.25, 0.3) is 0 Å². The van der Waals surface area contributed by atoms with E-state index < -0.39 is 0 Å². The highest BCUT2D eigenvalue weighted by Crippen LogP contribution is 2.20. The number of hydrogen-bond donors (Lipinski definition) is 0. The predicted octanol–water partition coefficient (Wildman–Crippen LogP) is 3.39. The standard InChI is InChI=1S/C20H25NO4S/c1-23-17-4-2-5-18(14-17)25-15-20(22)21(16-8-11-24-12-9-16)10-7-19-6-3-13-26-19/h2-6,13-14,16H,7-12,15H2,1H3. The highest BCUT2D eigenvalue weighted by Gasteiger charge is 2.26. The Kier molecular flexibility index (Phi) is 6.91. The number of rotatable bonds is 8. The molecule has 3 rings (SSSR count). The SMILES string of the molecule is COc1cccc(OCC(=O)N(CCc2cccs2)C2CCOCC2)c1. The van der Waals surface area contributed by atoms with Gasteiger partial charge in [0.15, 0.2) is 6.61 Å². The summed E-state index contributed by atoms with van der Waals surface area (Å²) in [5.74, 6) is 1.38. The van der Waals surface area contributed by atoms with Crippen LogP contribution in [0.4, 0.5) is 0 Å². The van der Waals surface area contributed by atoms with Gasteiger partial charge in [-0.3, -0.25) is 4.79 Å². The summed E-state index contributed by atoms with van der Waals surface area (Å²) >= 11 is 1.73. The zero-order valence-corrected chi connectivity index (χ0v) is 15.9. The molecule has 2 aromatic rings. The fraction of sp³-hybridized carbons (Fsp3) is 0.450. The van der Waals surface area contributed by atoms with Gasteiger partial charge in [-0.05, 0) is 42.8 Å². The zero-order valence-electron chi connectivity index (χ0n) is 15.1. The minimum atomic E-state index is 0.0243. The van der Waals surface area contributed by atoms with Crippen molar-refractivity contribution < 1.29 is 19.0 Å². The van der Waals surface area contributed by atoms with Crippen LogP contribution in [0, 0.1) is 0 Å². The van der Waals surface area contributed by atoms with Gasteiger partial charge >= 0.3 is 0 Å². The average Bonchev–Trinajstić information content (AvgIpc) is 3.21. The molecular formula is C20H25NO4S. The smallest absolute Gasteiger partial charge is 0.260 e. The Morgan fingerprint density at radius 3 is 2.77 bits per heavy atom. The first-order valence-corrected chi connectivity index (χ1v) is 9.80. The summed E-state index contributed by atoms with van der Waals surface area (Å²) in [6, 6.07) is 11.7. The van der Waals surface area contributed by atoms with Crippen LogP contribution < -0.4 is 9.47 Å². The number of carbonyl (C=O) groups is 1. The summed E-state index contributed by atoms with van der Waals surface area (Å²) < 4.78 is 16.4. The molecule has 0 atom stereocenters. The normalized spacial score (nSPS) is 14.8. The highest BCUT2D eigenvalue weighted by atomic mass is 32.1. The highest BCUT2D eigenvalue weighted by molar-refractivity contribution is 7.09. The molecule has 0 N–H and O–H groups in total. The molecule has 5 nitrogen and oxygen atoms in total. The van der Waals surface area contributed by atoms with Crippen molar-refractivity contribution in [1.82, 2.24) is 4.90 Å². The van der Waals surface area contributed by atoms with E-state index in [0.717, 1.165) is 19.3 Å². The van der Waals surface area contributed by atoms with Crippen molar-refractivity contribution in [3.8, 4) is 11.5 Å². The quantitative estimate of drug-likeness (QED) is 0.710. The molecular weight excluding hydrogens is 350 g/mol. The van der Waals surface area contributed by atoms with Crippen LogP contribution in [0.2, 0.25) is 0 Å². The Labute approximate surface area is 158 Å². The maximum atomic E-state index is 12.9. The van der Waals surface area contributed by atoms with Crippen LogP contribution in [-0.4, -0.2) is 50.3 Å². The predicted molar refractivity (Wildman–Crippen MR) is 102 cm³/mol. The third-order valence-electron chi connectivity index (χ3n) is 4.53. The molecule has 1 fully saturated rings. The van der Waals surface area contributed by atoms with Crippen molar-refractivity contribution in [3.05, 3.63) is 46.7 Å². The number of amides is 1. The lowest BCUT2D eigenvalue weighted by molar-refractivity contribution is -0.137. The van der Waals surface area contributed by atoms with Crippen molar-refractivity contribution in [2.75, 3.05) is 33.5 Å². The first-order valence-electron chi connectivity index (χ1n) is 8.92. The van der Waals surface area contributed by atoms with Crippen molar-refractivity contribution >= 4 is 17.2 Å². The van der Waals surface area contributed by atoms with Crippen LogP contribution in [0.1, 0.15) is 17.7 Å². The summed E-state index contributed by atoms with van der Waals surface area (Å²) in [4.78, 5) is 16.1. The van der Waals surface area contributed by atoms with E-state index in [4.69, 9.17) is 14.2 Å². The number of thiophene rings is 1. The number of methoxy groups -OCH3 is 1. The van der Waals surface area contributed by atoms with Gasteiger partial charge in [-0.25, -0.2) is 0 Å². The molecule has 1 amide bonds. The van der Waals surface area contributed by atoms with Gasteiger partial charge in [-0.15, -0.1) is 11.3 Å². The molecule has 1 saturated heterocycles. The lowest BCUT2D eigenvalue weighted by atomic mass is 10.1. The Hall–Kier alpha value is -2.05. The van der Waals surface area contributed by atoms with E-state index >= 15 is 0 Å². The molecule has 0 spiro atoms. The molecule has 0 saturated carbocycles. The lowest BCUT2D eigenvalue weighted by Crippen LogP contribution is -2.46. The van der Waals surface area contributed by atoms with Crippen LogP contribution in [-0.2, 0) is 16.0 Å². The minimum Gasteiger partial charge on any atom is -0.497 e. The number of benzene rings is 1. The van der Waals surface area contributed by atoms with E-state index in [-0.39, 0.29) is 18.6 Å². The summed E-state index contributed by atoms with van der Waals surface area (Å²) in [6.45, 7) is 2.18. The van der Waals surface area contributed by atoms with Gasteiger partial charge in [0.2, 0.25) is 0 Å². The third kappa shape index (κ3) is 5.22. The molecule has 1 aliphatic heterocycles. The molecule has 0 bridgehead atoms. The fourth-order valence-electron chi connectivity index (χ4n) is 3.11. The van der Waals surface area contributed by atoms with Crippen molar-refractivity contribution in [2.45, 2.75) is 25.3 Å². The number of hydrogen-bond acceptors (Lipinski definition) is 5. The maximum absolute atomic E-state index is 12.9. The van der Waals surface area contributed by atoms with E-state index in [9.17, 15) is 4.79 Å². The topological polar surface area (TPSA) is 48.0 Å². The lowest BCUT2D eigenvalue weighted by Gasteiger charge is -2.34. The zero-order chi connectivity index (χ0) is 18.2. The second-order valence-corrected chi connectivity index (χ2v) is 7.26. The van der Waals surface area contributed by atoms with Crippen molar-refractivity contribution in [1.29, 1.82) is 0 Å². The molecule has 0 radical (unpaired) electrons. The molecule has 1 aromatic heterocycles. The Bertz CT molecular complexity index is 683. The van der Waals surface area contributed by atoms with Gasteiger partial charge in [-0.1, -0.05) is 12.1 Å². The average molecular weight is 375 g/mol. The van der Waals surface area contributed by atoms with E-state index in [1.165, 1.54) is 4.88 Å². The Balaban J connectivity index is 1.61. The molecule has 1 aliphatic rings. The van der Waals surface area contributed by atoms with E-state index in [1.54, 1.807) is 24.5 Å². The number of nitrogens with zero attached hydrogens (tertiary/aromatic N) is 1. The summed E-state index contributed by atoms with van der Waals surface area (Å²) in [6.07, 6.45) is 2.64. The van der Waals surface area contributed by atoms with Crippen molar-refractivity contribution in [2.24, 2.45) is 0 Å².